The summed E-state index contributed by atoms with van der Waals surface area (Å²) in [7, 11) is 0.711. The second-order valence-corrected chi connectivity index (χ2v) is 4.39. The Morgan fingerprint density at radius 2 is 2.00 bits per heavy atom. The molecule has 0 aromatic carbocycles. The van der Waals surface area contributed by atoms with Crippen LogP contribution in [0.5, 0.6) is 0 Å². The minimum Gasteiger partial charge on any atom is -0.330 e. The minimum absolute atomic E-state index is 0.781. The van der Waals surface area contributed by atoms with Crippen molar-refractivity contribution >= 4 is 19.8 Å². The van der Waals surface area contributed by atoms with Crippen molar-refractivity contribution in [1.29, 1.82) is 0 Å². The van der Waals surface area contributed by atoms with Gasteiger partial charge in [0.15, 0.2) is 0 Å². The molecule has 0 aliphatic rings. The molecule has 0 aromatic rings. The predicted molar refractivity (Wildman–Crippen MR) is 53.0 cm³/mol. The van der Waals surface area contributed by atoms with Gasteiger partial charge in [-0.05, 0) is 6.42 Å². The van der Waals surface area contributed by atoms with Gasteiger partial charge in [-0.25, -0.2) is 0 Å². The lowest BCUT2D eigenvalue weighted by Crippen LogP contribution is -1.88. The Bertz CT molecular complexity index is 82.8. The monoisotopic (exact) mass is 196 g/mol. The molecule has 1 unspecified atom stereocenters. The molecule has 0 N–H and O–H groups in total. The number of unbranched alkanes of at least 4 members (excludes halogenated alkanes) is 3. The average molecular weight is 196 g/mol. The summed E-state index contributed by atoms with van der Waals surface area (Å²) in [6.45, 7) is 2.98. The van der Waals surface area contributed by atoms with Crippen LogP contribution in [-0.2, 0) is 9.05 Å². The lowest BCUT2D eigenvalue weighted by molar-refractivity contribution is 0.288. The maximum Gasteiger partial charge on any atom is 0.234 e. The Hall–Kier alpha value is 0.700. The number of hydrogen-bond donors (Lipinski definition) is 1. The third kappa shape index (κ3) is 8.61. The summed E-state index contributed by atoms with van der Waals surface area (Å²) in [6, 6.07) is 0. The van der Waals surface area contributed by atoms with E-state index in [2.05, 4.69) is 19.2 Å². The molecule has 0 spiro atoms. The van der Waals surface area contributed by atoms with E-state index in [-0.39, 0.29) is 0 Å². The van der Waals surface area contributed by atoms with E-state index in [1.165, 1.54) is 19.3 Å². The third-order valence-electron chi connectivity index (χ3n) is 1.36. The highest BCUT2D eigenvalue weighted by Gasteiger charge is 1.99. The molecule has 0 radical (unpaired) electrons. The van der Waals surface area contributed by atoms with Gasteiger partial charge in [0.2, 0.25) is 7.58 Å². The Kier molecular flexibility index (Phi) is 9.35. The first kappa shape index (κ1) is 11.7. The van der Waals surface area contributed by atoms with Crippen molar-refractivity contribution in [1.82, 2.24) is 0 Å². The summed E-state index contributed by atoms with van der Waals surface area (Å²) in [5, 5.41) is 0. The summed E-state index contributed by atoms with van der Waals surface area (Å²) in [6.07, 6.45) is 4.93. The molecule has 0 rings (SSSR count). The van der Waals surface area contributed by atoms with Gasteiger partial charge in [-0.3, -0.25) is 0 Å². The van der Waals surface area contributed by atoms with E-state index in [0.717, 1.165) is 13.0 Å². The highest BCUT2D eigenvalue weighted by molar-refractivity contribution is 8.41. The van der Waals surface area contributed by atoms with Crippen molar-refractivity contribution in [2.45, 2.75) is 32.6 Å². The van der Waals surface area contributed by atoms with E-state index in [0.29, 0.717) is 0 Å². The summed E-state index contributed by atoms with van der Waals surface area (Å²) < 4.78 is 10.1. The van der Waals surface area contributed by atoms with Gasteiger partial charge in [0.25, 0.3) is 0 Å². The quantitative estimate of drug-likeness (QED) is 0.382. The fourth-order valence-corrected chi connectivity index (χ4v) is 1.36. The van der Waals surface area contributed by atoms with Gasteiger partial charge in [0.1, 0.15) is 0 Å². The SMILES string of the molecule is CCCCCCOP(S)OC. The molecule has 2 nitrogen and oxygen atoms in total. The van der Waals surface area contributed by atoms with Crippen LogP contribution in [0.15, 0.2) is 0 Å². The van der Waals surface area contributed by atoms with Crippen LogP contribution >= 0.6 is 19.8 Å². The van der Waals surface area contributed by atoms with Crippen molar-refractivity contribution in [3.05, 3.63) is 0 Å². The molecule has 0 amide bonds. The van der Waals surface area contributed by atoms with Gasteiger partial charge in [-0.1, -0.05) is 38.4 Å². The van der Waals surface area contributed by atoms with Crippen LogP contribution in [-0.4, -0.2) is 13.7 Å². The van der Waals surface area contributed by atoms with Crippen LogP contribution in [0.25, 0.3) is 0 Å². The normalized spacial score (nSPS) is 13.4. The van der Waals surface area contributed by atoms with Crippen LogP contribution < -0.4 is 0 Å². The molecular formula is C7H17O2PS. The van der Waals surface area contributed by atoms with E-state index in [1.54, 1.807) is 7.11 Å². The maximum absolute atomic E-state index is 5.24. The van der Waals surface area contributed by atoms with Crippen molar-refractivity contribution in [2.24, 2.45) is 0 Å². The Morgan fingerprint density at radius 3 is 2.55 bits per heavy atom. The zero-order chi connectivity index (χ0) is 8.53. The highest BCUT2D eigenvalue weighted by Crippen LogP contribution is 2.41. The average Bonchev–Trinajstić information content (AvgIpc) is 2.04. The minimum atomic E-state index is -0.905. The van der Waals surface area contributed by atoms with Crippen molar-refractivity contribution in [2.75, 3.05) is 13.7 Å². The van der Waals surface area contributed by atoms with Gasteiger partial charge in [0.05, 0.1) is 6.61 Å². The molecule has 0 aromatic heterocycles. The van der Waals surface area contributed by atoms with Gasteiger partial charge in [0, 0.05) is 7.11 Å². The summed E-state index contributed by atoms with van der Waals surface area (Å²) in [5.74, 6) is 0. The Labute approximate surface area is 75.7 Å². The van der Waals surface area contributed by atoms with Gasteiger partial charge in [-0.15, -0.1) is 0 Å². The van der Waals surface area contributed by atoms with Crippen molar-refractivity contribution in [3.8, 4) is 0 Å². The standard InChI is InChI=1S/C7H17O2PS/c1-3-4-5-6-7-9-10(11)8-2/h11H,3-7H2,1-2H3. The molecule has 0 bridgehead atoms. The topological polar surface area (TPSA) is 18.5 Å². The molecular weight excluding hydrogens is 179 g/mol. The smallest absolute Gasteiger partial charge is 0.234 e. The summed E-state index contributed by atoms with van der Waals surface area (Å²) in [5.41, 5.74) is 0. The number of rotatable bonds is 7. The fourth-order valence-electron chi connectivity index (χ4n) is 0.724. The molecule has 4 heteroatoms. The zero-order valence-corrected chi connectivity index (χ0v) is 9.04. The van der Waals surface area contributed by atoms with Crippen molar-refractivity contribution in [3.63, 3.8) is 0 Å². The lowest BCUT2D eigenvalue weighted by Gasteiger charge is -2.07. The zero-order valence-electron chi connectivity index (χ0n) is 7.25. The van der Waals surface area contributed by atoms with Gasteiger partial charge >= 0.3 is 0 Å². The molecule has 1 atom stereocenters. The van der Waals surface area contributed by atoms with Gasteiger partial charge in [-0.2, -0.15) is 0 Å². The van der Waals surface area contributed by atoms with E-state index in [9.17, 15) is 0 Å². The third-order valence-corrected chi connectivity index (χ3v) is 2.91. The molecule has 0 aliphatic heterocycles. The first-order chi connectivity index (χ1) is 5.31. The second-order valence-electron chi connectivity index (χ2n) is 2.31. The van der Waals surface area contributed by atoms with E-state index >= 15 is 0 Å². The molecule has 0 fully saturated rings. The second kappa shape index (κ2) is 8.79. The molecule has 11 heavy (non-hydrogen) atoms. The maximum atomic E-state index is 5.24. The Balaban J connectivity index is 2.89. The summed E-state index contributed by atoms with van der Waals surface area (Å²) in [4.78, 5) is 0. The molecule has 0 saturated heterocycles. The lowest BCUT2D eigenvalue weighted by atomic mass is 10.2. The molecule has 0 saturated carbocycles. The molecule has 0 heterocycles. The van der Waals surface area contributed by atoms with Crippen molar-refractivity contribution < 1.29 is 9.05 Å². The molecule has 68 valence electrons. The van der Waals surface area contributed by atoms with Crippen LogP contribution in [0.2, 0.25) is 0 Å². The first-order valence-corrected chi connectivity index (χ1v) is 6.30. The molecule has 0 aliphatic carbocycles. The summed E-state index contributed by atoms with van der Waals surface area (Å²) >= 11 is 4.08. The van der Waals surface area contributed by atoms with E-state index < -0.39 is 7.58 Å². The fraction of sp³-hybridized carbons (Fsp3) is 1.00. The number of thiol groups is 1. The largest absolute Gasteiger partial charge is 0.330 e. The van der Waals surface area contributed by atoms with Gasteiger partial charge < -0.3 is 9.05 Å². The highest BCUT2D eigenvalue weighted by atomic mass is 32.7. The Morgan fingerprint density at radius 1 is 1.27 bits per heavy atom. The van der Waals surface area contributed by atoms with E-state index in [4.69, 9.17) is 9.05 Å². The van der Waals surface area contributed by atoms with E-state index in [1.807, 2.05) is 0 Å². The first-order valence-electron chi connectivity index (χ1n) is 3.97. The van der Waals surface area contributed by atoms with Crippen LogP contribution in [0.3, 0.4) is 0 Å². The number of hydrogen-bond acceptors (Lipinski definition) is 3. The van der Waals surface area contributed by atoms with Crippen LogP contribution in [0.1, 0.15) is 32.6 Å². The van der Waals surface area contributed by atoms with Crippen LogP contribution in [0, 0.1) is 0 Å². The van der Waals surface area contributed by atoms with Crippen LogP contribution in [0.4, 0.5) is 0 Å². The predicted octanol–water partition coefficient (Wildman–Crippen LogP) is 3.39.